The predicted octanol–water partition coefficient (Wildman–Crippen LogP) is 3.94. The third-order valence-electron chi connectivity index (χ3n) is 4.38. The van der Waals surface area contributed by atoms with Crippen molar-refractivity contribution in [2.75, 3.05) is 37.7 Å². The van der Waals surface area contributed by atoms with E-state index in [2.05, 4.69) is 26.0 Å². The number of halogens is 1. The average Bonchev–Trinajstić information content (AvgIpc) is 3.19. The van der Waals surface area contributed by atoms with Gasteiger partial charge in [-0.2, -0.15) is 4.98 Å². The molecule has 0 atom stereocenters. The van der Waals surface area contributed by atoms with Crippen molar-refractivity contribution in [1.82, 2.24) is 14.3 Å². The van der Waals surface area contributed by atoms with Crippen molar-refractivity contribution in [1.29, 1.82) is 0 Å². The van der Waals surface area contributed by atoms with Crippen molar-refractivity contribution in [2.24, 2.45) is 0 Å². The van der Waals surface area contributed by atoms with Crippen LogP contribution in [0.25, 0.3) is 10.6 Å². The van der Waals surface area contributed by atoms with Gasteiger partial charge in [0.15, 0.2) is 0 Å². The van der Waals surface area contributed by atoms with E-state index in [4.69, 9.17) is 4.74 Å². The lowest BCUT2D eigenvalue weighted by Crippen LogP contribution is -2.23. The third-order valence-corrected chi connectivity index (χ3v) is 5.74. The molecular formula is C21H27ClN4O3S2. The number of hydrogen-bond donors (Lipinski definition) is 1. The zero-order valence-electron chi connectivity index (χ0n) is 17.5. The van der Waals surface area contributed by atoms with Crippen LogP contribution in [0.4, 0.5) is 5.69 Å². The van der Waals surface area contributed by atoms with Crippen LogP contribution in [0, 0.1) is 0 Å². The van der Waals surface area contributed by atoms with Gasteiger partial charge in [-0.3, -0.25) is 4.72 Å². The van der Waals surface area contributed by atoms with E-state index in [1.54, 1.807) is 12.1 Å². The van der Waals surface area contributed by atoms with E-state index in [0.717, 1.165) is 48.3 Å². The van der Waals surface area contributed by atoms with Crippen LogP contribution in [-0.4, -0.2) is 55.7 Å². The second-order valence-corrected chi connectivity index (χ2v) is 9.57. The Morgan fingerprint density at radius 3 is 2.45 bits per heavy atom. The van der Waals surface area contributed by atoms with E-state index in [-0.39, 0.29) is 12.4 Å². The van der Waals surface area contributed by atoms with Crippen LogP contribution in [0.2, 0.25) is 0 Å². The molecule has 10 heteroatoms. The van der Waals surface area contributed by atoms with E-state index >= 15 is 0 Å². The van der Waals surface area contributed by atoms with Crippen LogP contribution in [-0.2, 0) is 16.4 Å². The lowest BCUT2D eigenvalue weighted by Gasteiger charge is -2.16. The van der Waals surface area contributed by atoms with E-state index in [1.807, 2.05) is 42.5 Å². The van der Waals surface area contributed by atoms with Crippen molar-refractivity contribution in [3.05, 3.63) is 60.2 Å². The minimum absolute atomic E-state index is 0. The zero-order valence-corrected chi connectivity index (χ0v) is 20.0. The number of aromatic nitrogens is 2. The minimum Gasteiger partial charge on any atom is -0.463 e. The van der Waals surface area contributed by atoms with E-state index in [1.165, 1.54) is 11.5 Å². The van der Waals surface area contributed by atoms with Gasteiger partial charge in [-0.1, -0.05) is 42.5 Å². The summed E-state index contributed by atoms with van der Waals surface area (Å²) in [6, 6.07) is 17.9. The van der Waals surface area contributed by atoms with Crippen molar-refractivity contribution >= 4 is 39.7 Å². The second-order valence-electron chi connectivity index (χ2n) is 7.07. The first-order chi connectivity index (χ1) is 14.4. The maximum Gasteiger partial charge on any atom is 0.328 e. The summed E-state index contributed by atoms with van der Waals surface area (Å²) in [6.45, 7) is 2.39. The summed E-state index contributed by atoms with van der Waals surface area (Å²) in [5.74, 6) is 0. The molecule has 1 N–H and O–H groups in total. The summed E-state index contributed by atoms with van der Waals surface area (Å²) in [5, 5.41) is 0.862. The molecule has 0 saturated heterocycles. The van der Waals surface area contributed by atoms with Crippen molar-refractivity contribution in [3.8, 4) is 16.6 Å². The monoisotopic (exact) mass is 482 g/mol. The highest BCUT2D eigenvalue weighted by atomic mass is 35.5. The number of likely N-dealkylation sites (N-methyl/N-ethyl adjacent to an activating group) is 1. The molecule has 31 heavy (non-hydrogen) atoms. The number of rotatable bonds is 11. The van der Waals surface area contributed by atoms with Gasteiger partial charge in [0, 0.05) is 24.3 Å². The Morgan fingerprint density at radius 2 is 1.77 bits per heavy atom. The lowest BCUT2D eigenvalue weighted by atomic mass is 10.1. The maximum absolute atomic E-state index is 11.2. The number of anilines is 1. The Hall–Kier alpha value is -2.20. The Balaban J connectivity index is 0.00000341. The van der Waals surface area contributed by atoms with Gasteiger partial charge in [-0.05, 0) is 49.1 Å². The van der Waals surface area contributed by atoms with Crippen LogP contribution in [0.15, 0.2) is 54.6 Å². The quantitative estimate of drug-likeness (QED) is 0.417. The number of ether oxygens (including phenoxy) is 1. The highest BCUT2D eigenvalue weighted by Crippen LogP contribution is 2.23. The molecule has 0 bridgehead atoms. The van der Waals surface area contributed by atoms with Gasteiger partial charge in [-0.15, -0.1) is 16.8 Å². The normalized spacial score (nSPS) is 11.2. The van der Waals surface area contributed by atoms with Crippen LogP contribution in [0.1, 0.15) is 12.0 Å². The fourth-order valence-corrected chi connectivity index (χ4v) is 4.03. The zero-order chi connectivity index (χ0) is 21.4. The average molecular weight is 483 g/mol. The molecular weight excluding hydrogens is 456 g/mol. The third kappa shape index (κ3) is 8.82. The molecule has 0 amide bonds. The SMILES string of the molecule is CN(CCCOc1nsc(-c2ccccc2)n1)CCc1ccc(NS(C)(=O)=O)cc1.Cl. The smallest absolute Gasteiger partial charge is 0.328 e. The molecule has 0 radical (unpaired) electrons. The molecule has 168 valence electrons. The Kier molecular flexibility index (Phi) is 9.70. The molecule has 0 aliphatic heterocycles. The minimum atomic E-state index is -3.24. The van der Waals surface area contributed by atoms with Gasteiger partial charge >= 0.3 is 6.01 Å². The molecule has 7 nitrogen and oxygen atoms in total. The Labute approximate surface area is 194 Å². The molecule has 0 unspecified atom stereocenters. The summed E-state index contributed by atoms with van der Waals surface area (Å²) in [5.41, 5.74) is 2.79. The molecule has 0 aliphatic carbocycles. The number of sulfonamides is 1. The molecule has 2 aromatic carbocycles. The van der Waals surface area contributed by atoms with Gasteiger partial charge in [0.2, 0.25) is 10.0 Å². The number of nitrogens with zero attached hydrogens (tertiary/aromatic N) is 3. The van der Waals surface area contributed by atoms with Crippen LogP contribution < -0.4 is 9.46 Å². The fraction of sp³-hybridized carbons (Fsp3) is 0.333. The standard InChI is InChI=1S/C21H26N4O3S2.ClH/c1-25(15-13-17-9-11-19(12-10-17)24-30(2,26)27)14-6-16-28-21-22-20(29-23-21)18-7-4-3-5-8-18;/h3-5,7-12,24H,6,13-16H2,1-2H3;1H. The summed E-state index contributed by atoms with van der Waals surface area (Å²) in [6.07, 6.45) is 2.92. The van der Waals surface area contributed by atoms with Crippen LogP contribution >= 0.6 is 23.9 Å². The van der Waals surface area contributed by atoms with Gasteiger partial charge in [0.25, 0.3) is 0 Å². The molecule has 0 saturated carbocycles. The topological polar surface area (TPSA) is 84.4 Å². The summed E-state index contributed by atoms with van der Waals surface area (Å²) >= 11 is 1.34. The van der Waals surface area contributed by atoms with Gasteiger partial charge < -0.3 is 9.64 Å². The summed E-state index contributed by atoms with van der Waals surface area (Å²) < 4.78 is 34.9. The number of nitrogens with one attached hydrogen (secondary N) is 1. The van der Waals surface area contributed by atoms with Gasteiger partial charge in [0.1, 0.15) is 5.01 Å². The summed E-state index contributed by atoms with van der Waals surface area (Å²) in [7, 11) is -1.16. The highest BCUT2D eigenvalue weighted by molar-refractivity contribution is 7.92. The first-order valence-electron chi connectivity index (χ1n) is 9.66. The molecule has 3 aromatic rings. The first kappa shape index (κ1) is 25.1. The molecule has 0 aliphatic rings. The maximum atomic E-state index is 11.2. The lowest BCUT2D eigenvalue weighted by molar-refractivity contribution is 0.253. The van der Waals surface area contributed by atoms with Crippen molar-refractivity contribution < 1.29 is 13.2 Å². The highest BCUT2D eigenvalue weighted by Gasteiger charge is 2.07. The molecule has 3 rings (SSSR count). The number of hydrogen-bond acceptors (Lipinski definition) is 7. The van der Waals surface area contributed by atoms with Crippen LogP contribution in [0.5, 0.6) is 6.01 Å². The van der Waals surface area contributed by atoms with E-state index < -0.39 is 10.0 Å². The number of benzene rings is 2. The fourth-order valence-electron chi connectivity index (χ4n) is 2.85. The van der Waals surface area contributed by atoms with Gasteiger partial charge in [0.05, 0.1) is 12.9 Å². The molecule has 1 aromatic heterocycles. The van der Waals surface area contributed by atoms with E-state index in [9.17, 15) is 8.42 Å². The molecule has 1 heterocycles. The van der Waals surface area contributed by atoms with Crippen molar-refractivity contribution in [3.63, 3.8) is 0 Å². The van der Waals surface area contributed by atoms with Gasteiger partial charge in [-0.25, -0.2) is 8.42 Å². The molecule has 0 spiro atoms. The van der Waals surface area contributed by atoms with Crippen LogP contribution in [0.3, 0.4) is 0 Å². The first-order valence-corrected chi connectivity index (χ1v) is 12.3. The van der Waals surface area contributed by atoms with E-state index in [0.29, 0.717) is 18.3 Å². The summed E-state index contributed by atoms with van der Waals surface area (Å²) in [4.78, 5) is 6.68. The predicted molar refractivity (Wildman–Crippen MR) is 129 cm³/mol. The Bertz CT molecular complexity index is 1030. The molecule has 0 fully saturated rings. The largest absolute Gasteiger partial charge is 0.463 e. The Morgan fingerprint density at radius 1 is 1.06 bits per heavy atom. The van der Waals surface area contributed by atoms with Crippen molar-refractivity contribution in [2.45, 2.75) is 12.8 Å². The second kappa shape index (κ2) is 12.0.